The molecule has 0 saturated carbocycles. The summed E-state index contributed by atoms with van der Waals surface area (Å²) in [5, 5.41) is 2.95. The lowest BCUT2D eigenvalue weighted by Crippen LogP contribution is -2.37. The zero-order valence-corrected chi connectivity index (χ0v) is 19.0. The number of ether oxygens (including phenoxy) is 4. The molecule has 2 aromatic carbocycles. The number of hydrogen-bond acceptors (Lipinski definition) is 6. The molecule has 166 valence electrons. The lowest BCUT2D eigenvalue weighted by atomic mass is 9.75. The minimum absolute atomic E-state index is 0.0717. The summed E-state index contributed by atoms with van der Waals surface area (Å²) in [6, 6.07) is 4.31. The van der Waals surface area contributed by atoms with E-state index in [2.05, 4.69) is 23.3 Å². The first kappa shape index (κ1) is 21.3. The van der Waals surface area contributed by atoms with Crippen molar-refractivity contribution >= 4 is 5.91 Å². The number of likely N-dealkylation sites (N-methyl/N-ethyl adjacent to an activating group) is 1. The van der Waals surface area contributed by atoms with Crippen molar-refractivity contribution in [3.63, 3.8) is 0 Å². The average Bonchev–Trinajstić information content (AvgIpc) is 2.78. The fraction of sp³-hybridized carbons (Fsp3) is 0.458. The van der Waals surface area contributed by atoms with Crippen LogP contribution in [0.2, 0.25) is 0 Å². The minimum Gasteiger partial charge on any atom is -0.493 e. The Morgan fingerprint density at radius 3 is 2.35 bits per heavy atom. The summed E-state index contributed by atoms with van der Waals surface area (Å²) in [7, 11) is 8.78. The maximum Gasteiger partial charge on any atom is 0.217 e. The second-order valence-electron chi connectivity index (χ2n) is 8.04. The summed E-state index contributed by atoms with van der Waals surface area (Å²) in [5.74, 6) is 2.70. The Bertz CT molecular complexity index is 1030. The van der Waals surface area contributed by atoms with E-state index in [0.717, 1.165) is 41.8 Å². The van der Waals surface area contributed by atoms with Gasteiger partial charge in [-0.15, -0.1) is 0 Å². The molecule has 1 N–H and O–H groups in total. The number of carbonyl (C=O) groups excluding carboxylic acids is 1. The van der Waals surface area contributed by atoms with Gasteiger partial charge in [-0.3, -0.25) is 9.69 Å². The molecule has 0 radical (unpaired) electrons. The molecule has 0 spiro atoms. The fourth-order valence-electron chi connectivity index (χ4n) is 5.01. The fourth-order valence-corrected chi connectivity index (χ4v) is 5.01. The van der Waals surface area contributed by atoms with E-state index in [-0.39, 0.29) is 11.9 Å². The number of nitrogens with one attached hydrogen (secondary N) is 1. The summed E-state index contributed by atoms with van der Waals surface area (Å²) < 4.78 is 23.0. The molecule has 1 amide bonds. The Morgan fingerprint density at radius 1 is 1.06 bits per heavy atom. The number of benzene rings is 2. The van der Waals surface area contributed by atoms with Crippen molar-refractivity contribution in [1.29, 1.82) is 0 Å². The van der Waals surface area contributed by atoms with Crippen molar-refractivity contribution in [2.24, 2.45) is 0 Å². The maximum absolute atomic E-state index is 11.7. The van der Waals surface area contributed by atoms with E-state index in [1.165, 1.54) is 23.6 Å². The predicted molar refractivity (Wildman–Crippen MR) is 118 cm³/mol. The van der Waals surface area contributed by atoms with Crippen molar-refractivity contribution in [2.45, 2.75) is 32.4 Å². The summed E-state index contributed by atoms with van der Waals surface area (Å²) in [6.07, 6.45) is 1.74. The number of fused-ring (bicyclic) bond motifs is 2. The molecule has 0 saturated heterocycles. The van der Waals surface area contributed by atoms with Gasteiger partial charge in [0.15, 0.2) is 23.0 Å². The molecule has 7 nitrogen and oxygen atoms in total. The number of hydrogen-bond donors (Lipinski definition) is 1. The Labute approximate surface area is 183 Å². The van der Waals surface area contributed by atoms with E-state index >= 15 is 0 Å². The van der Waals surface area contributed by atoms with Crippen LogP contribution < -0.4 is 24.3 Å². The molecule has 0 bridgehead atoms. The Hall–Kier alpha value is -2.93. The highest BCUT2D eigenvalue weighted by atomic mass is 16.5. The second kappa shape index (κ2) is 8.30. The highest BCUT2D eigenvalue weighted by Gasteiger charge is 2.39. The quantitative estimate of drug-likeness (QED) is 0.766. The van der Waals surface area contributed by atoms with Gasteiger partial charge in [-0.2, -0.15) is 0 Å². The monoisotopic (exact) mass is 426 g/mol. The SMILES string of the molecule is COc1cc2c(cc1OC)-c1c(OC)c(OC)c(CNC(C)=O)c3c1[C@H](C2)N(C)CC3. The number of carbonyl (C=O) groups is 1. The maximum atomic E-state index is 11.7. The van der Waals surface area contributed by atoms with E-state index in [4.69, 9.17) is 18.9 Å². The van der Waals surface area contributed by atoms with Crippen molar-refractivity contribution in [3.05, 3.63) is 34.4 Å². The molecule has 4 rings (SSSR count). The molecular formula is C24H30N2O5. The van der Waals surface area contributed by atoms with Gasteiger partial charge in [-0.25, -0.2) is 0 Å². The third-order valence-electron chi connectivity index (χ3n) is 6.46. The summed E-state index contributed by atoms with van der Waals surface area (Å²) in [5.41, 5.74) is 6.79. The first-order valence-electron chi connectivity index (χ1n) is 10.4. The van der Waals surface area contributed by atoms with Gasteiger partial charge in [0.25, 0.3) is 0 Å². The number of nitrogens with zero attached hydrogens (tertiary/aromatic N) is 1. The smallest absolute Gasteiger partial charge is 0.217 e. The molecule has 0 fully saturated rings. The summed E-state index contributed by atoms with van der Waals surface area (Å²) in [4.78, 5) is 14.1. The van der Waals surface area contributed by atoms with Crippen molar-refractivity contribution in [3.8, 4) is 34.1 Å². The number of amides is 1. The molecule has 1 heterocycles. The van der Waals surface area contributed by atoms with Gasteiger partial charge < -0.3 is 24.3 Å². The van der Waals surface area contributed by atoms with E-state index in [0.29, 0.717) is 23.8 Å². The zero-order chi connectivity index (χ0) is 22.3. The zero-order valence-electron chi connectivity index (χ0n) is 19.0. The standard InChI is InChI=1S/C24H30N2O5/c1-13(27)25-12-17-15-7-8-26(2)18-9-14-10-19(28-3)20(29-4)11-16(14)22(21(15)18)24(31-6)23(17)30-5/h10-11,18H,7-9,12H2,1-6H3,(H,25,27)/t18-/m0/s1. The Balaban J connectivity index is 2.05. The normalized spacial score (nSPS) is 16.8. The van der Waals surface area contributed by atoms with Crippen LogP contribution in [0.4, 0.5) is 0 Å². The van der Waals surface area contributed by atoms with Crippen LogP contribution in [0.15, 0.2) is 12.1 Å². The van der Waals surface area contributed by atoms with Gasteiger partial charge in [0.05, 0.1) is 28.4 Å². The van der Waals surface area contributed by atoms with Crippen molar-refractivity contribution < 1.29 is 23.7 Å². The second-order valence-corrected chi connectivity index (χ2v) is 8.04. The lowest BCUT2D eigenvalue weighted by molar-refractivity contribution is -0.119. The molecule has 2 aromatic rings. The van der Waals surface area contributed by atoms with Crippen molar-refractivity contribution in [1.82, 2.24) is 10.2 Å². The molecule has 0 unspecified atom stereocenters. The average molecular weight is 427 g/mol. The Morgan fingerprint density at radius 2 is 1.74 bits per heavy atom. The third-order valence-corrected chi connectivity index (χ3v) is 6.46. The highest BCUT2D eigenvalue weighted by Crippen LogP contribution is 2.55. The van der Waals surface area contributed by atoms with Crippen LogP contribution in [-0.4, -0.2) is 52.8 Å². The van der Waals surface area contributed by atoms with E-state index in [1.807, 2.05) is 6.07 Å². The van der Waals surface area contributed by atoms with Gasteiger partial charge in [0.2, 0.25) is 5.91 Å². The first-order valence-corrected chi connectivity index (χ1v) is 10.4. The molecule has 2 aliphatic rings. The van der Waals surface area contributed by atoms with Crippen LogP contribution in [0.1, 0.15) is 35.2 Å². The number of methoxy groups -OCH3 is 4. The summed E-state index contributed by atoms with van der Waals surface area (Å²) >= 11 is 0. The topological polar surface area (TPSA) is 69.3 Å². The van der Waals surface area contributed by atoms with Crippen LogP contribution in [0.25, 0.3) is 11.1 Å². The molecule has 1 aliphatic carbocycles. The molecule has 1 atom stereocenters. The predicted octanol–water partition coefficient (Wildman–Crippen LogP) is 3.11. The number of rotatable bonds is 6. The molecule has 7 heteroatoms. The van der Waals surface area contributed by atoms with Gasteiger partial charge in [-0.05, 0) is 54.3 Å². The largest absolute Gasteiger partial charge is 0.493 e. The third kappa shape index (κ3) is 3.37. The van der Waals surface area contributed by atoms with Gasteiger partial charge >= 0.3 is 0 Å². The highest BCUT2D eigenvalue weighted by molar-refractivity contribution is 5.86. The summed E-state index contributed by atoms with van der Waals surface area (Å²) in [6.45, 7) is 2.87. The van der Waals surface area contributed by atoms with Gasteiger partial charge in [0, 0.05) is 37.2 Å². The van der Waals surface area contributed by atoms with Gasteiger partial charge in [-0.1, -0.05) is 0 Å². The molecule has 31 heavy (non-hydrogen) atoms. The first-order chi connectivity index (χ1) is 14.9. The lowest BCUT2D eigenvalue weighted by Gasteiger charge is -2.42. The molecule has 1 aliphatic heterocycles. The van der Waals surface area contributed by atoms with Crippen molar-refractivity contribution in [2.75, 3.05) is 42.0 Å². The minimum atomic E-state index is -0.0717. The van der Waals surface area contributed by atoms with E-state index < -0.39 is 0 Å². The van der Waals surface area contributed by atoms with Crippen LogP contribution in [-0.2, 0) is 24.2 Å². The van der Waals surface area contributed by atoms with Crippen LogP contribution >= 0.6 is 0 Å². The van der Waals surface area contributed by atoms with Gasteiger partial charge in [0.1, 0.15) is 0 Å². The molecule has 0 aromatic heterocycles. The molecular weight excluding hydrogens is 396 g/mol. The van der Waals surface area contributed by atoms with Crippen LogP contribution in [0.5, 0.6) is 23.0 Å². The van der Waals surface area contributed by atoms with Crippen LogP contribution in [0, 0.1) is 0 Å². The van der Waals surface area contributed by atoms with E-state index in [9.17, 15) is 4.79 Å². The van der Waals surface area contributed by atoms with E-state index in [1.54, 1.807) is 28.4 Å². The van der Waals surface area contributed by atoms with Crippen LogP contribution in [0.3, 0.4) is 0 Å². The Kier molecular flexibility index (Phi) is 5.71.